The summed E-state index contributed by atoms with van der Waals surface area (Å²) in [6.07, 6.45) is 1.74. The Bertz CT molecular complexity index is 722. The van der Waals surface area contributed by atoms with Crippen LogP contribution in [-0.4, -0.2) is 69.9 Å². The summed E-state index contributed by atoms with van der Waals surface area (Å²) in [4.78, 5) is 20.5. The van der Waals surface area contributed by atoms with Crippen LogP contribution in [0.4, 0.5) is 10.1 Å². The minimum atomic E-state index is -0.221. The number of hydrogen-bond donors (Lipinski definition) is 1. The van der Waals surface area contributed by atoms with Crippen molar-refractivity contribution in [3.8, 4) is 0 Å². The highest BCUT2D eigenvalue weighted by Crippen LogP contribution is 2.22. The number of carbonyl (C=O) groups is 1. The van der Waals surface area contributed by atoms with Crippen molar-refractivity contribution in [2.45, 2.75) is 26.3 Å². The molecule has 1 aromatic rings. The predicted octanol–water partition coefficient (Wildman–Crippen LogP) is 2.01. The Morgan fingerprint density at radius 3 is 2.83 bits per heavy atom. The van der Waals surface area contributed by atoms with Gasteiger partial charge in [-0.05, 0) is 37.5 Å². The molecule has 3 rings (SSSR count). The number of halogens is 1. The highest BCUT2D eigenvalue weighted by atomic mass is 19.1. The Kier molecular flexibility index (Phi) is 7.69. The first-order valence-corrected chi connectivity index (χ1v) is 10.4. The van der Waals surface area contributed by atoms with Gasteiger partial charge in [0.05, 0.1) is 31.4 Å². The molecule has 2 heterocycles. The van der Waals surface area contributed by atoms with E-state index in [1.54, 1.807) is 13.1 Å². The van der Waals surface area contributed by atoms with E-state index in [1.807, 2.05) is 24.0 Å². The Morgan fingerprint density at radius 2 is 2.14 bits per heavy atom. The number of nitrogens with one attached hydrogen (secondary N) is 1. The van der Waals surface area contributed by atoms with Crippen molar-refractivity contribution in [2.75, 3.05) is 57.9 Å². The number of guanidine groups is 1. The van der Waals surface area contributed by atoms with Gasteiger partial charge in [-0.2, -0.15) is 0 Å². The number of hydrogen-bond acceptors (Lipinski definition) is 5. The molecule has 0 bridgehead atoms. The summed E-state index contributed by atoms with van der Waals surface area (Å²) in [5.41, 5.74) is 1.47. The molecule has 2 aliphatic heterocycles. The first kappa shape index (κ1) is 21.4. The number of morpholine rings is 1. The average molecular weight is 407 g/mol. The van der Waals surface area contributed by atoms with Gasteiger partial charge < -0.3 is 24.6 Å². The van der Waals surface area contributed by atoms with Gasteiger partial charge >= 0.3 is 5.97 Å². The third-order valence-corrected chi connectivity index (χ3v) is 5.37. The molecule has 0 aliphatic carbocycles. The zero-order valence-corrected chi connectivity index (χ0v) is 17.3. The van der Waals surface area contributed by atoms with Crippen LogP contribution in [0.15, 0.2) is 23.2 Å². The van der Waals surface area contributed by atoms with E-state index in [1.165, 1.54) is 0 Å². The molecule has 1 unspecified atom stereocenters. The molecular formula is C21H31FN4O3. The molecular weight excluding hydrogens is 375 g/mol. The molecule has 1 atom stereocenters. The Hall–Kier alpha value is -2.35. The quantitative estimate of drug-likeness (QED) is 0.459. The van der Waals surface area contributed by atoms with E-state index >= 15 is 0 Å². The molecule has 2 aliphatic rings. The van der Waals surface area contributed by atoms with Gasteiger partial charge in [-0.1, -0.05) is 6.07 Å². The number of piperidine rings is 1. The fourth-order valence-corrected chi connectivity index (χ4v) is 3.86. The minimum Gasteiger partial charge on any atom is -0.466 e. The number of esters is 1. The monoisotopic (exact) mass is 406 g/mol. The van der Waals surface area contributed by atoms with Crippen LogP contribution in [0.5, 0.6) is 0 Å². The van der Waals surface area contributed by atoms with Gasteiger partial charge in [0.1, 0.15) is 5.82 Å². The lowest BCUT2D eigenvalue weighted by Gasteiger charge is -2.34. The molecule has 0 amide bonds. The lowest BCUT2D eigenvalue weighted by Crippen LogP contribution is -2.48. The number of likely N-dealkylation sites (tertiary alicyclic amines) is 1. The summed E-state index contributed by atoms with van der Waals surface area (Å²) in [6.45, 7) is 6.77. The van der Waals surface area contributed by atoms with Crippen LogP contribution in [-0.2, 0) is 20.8 Å². The maximum atomic E-state index is 14.6. The smallest absolute Gasteiger partial charge is 0.310 e. The molecule has 1 N–H and O–H groups in total. The van der Waals surface area contributed by atoms with Gasteiger partial charge in [-0.3, -0.25) is 9.79 Å². The largest absolute Gasteiger partial charge is 0.466 e. The van der Waals surface area contributed by atoms with E-state index in [-0.39, 0.29) is 17.7 Å². The number of aliphatic imine (C=N–C) groups is 1. The van der Waals surface area contributed by atoms with Crippen molar-refractivity contribution in [3.05, 3.63) is 29.6 Å². The topological polar surface area (TPSA) is 66.4 Å². The first-order valence-electron chi connectivity index (χ1n) is 10.4. The van der Waals surface area contributed by atoms with Crippen LogP contribution in [0, 0.1) is 11.7 Å². The van der Waals surface area contributed by atoms with Crippen LogP contribution in [0.3, 0.4) is 0 Å². The minimum absolute atomic E-state index is 0.132. The summed E-state index contributed by atoms with van der Waals surface area (Å²) in [5, 5.41) is 3.30. The van der Waals surface area contributed by atoms with Crippen molar-refractivity contribution in [3.63, 3.8) is 0 Å². The van der Waals surface area contributed by atoms with Crippen LogP contribution in [0.2, 0.25) is 0 Å². The summed E-state index contributed by atoms with van der Waals surface area (Å²) >= 11 is 0. The van der Waals surface area contributed by atoms with E-state index < -0.39 is 0 Å². The highest BCUT2D eigenvalue weighted by molar-refractivity contribution is 5.81. The third-order valence-electron chi connectivity index (χ3n) is 5.37. The summed E-state index contributed by atoms with van der Waals surface area (Å²) in [7, 11) is 1.72. The van der Waals surface area contributed by atoms with Gasteiger partial charge in [-0.25, -0.2) is 4.39 Å². The number of ether oxygens (including phenoxy) is 2. The van der Waals surface area contributed by atoms with Crippen molar-refractivity contribution in [2.24, 2.45) is 10.9 Å². The molecule has 2 saturated heterocycles. The number of nitrogens with zero attached hydrogens (tertiary/aromatic N) is 3. The second-order valence-corrected chi connectivity index (χ2v) is 7.32. The lowest BCUT2D eigenvalue weighted by molar-refractivity contribution is -0.149. The molecule has 7 nitrogen and oxygen atoms in total. The van der Waals surface area contributed by atoms with E-state index in [9.17, 15) is 9.18 Å². The van der Waals surface area contributed by atoms with Gasteiger partial charge in [0.25, 0.3) is 0 Å². The van der Waals surface area contributed by atoms with Gasteiger partial charge in [0.2, 0.25) is 0 Å². The predicted molar refractivity (Wildman–Crippen MR) is 111 cm³/mol. The molecule has 0 radical (unpaired) electrons. The standard InChI is InChI=1S/C21H31FN4O3/c1-3-29-20(27)17-5-4-8-26(15-17)21(23-2)24-14-16-6-7-19(18(22)13-16)25-9-11-28-12-10-25/h6-7,13,17H,3-5,8-12,14-15H2,1-2H3,(H,23,24). The highest BCUT2D eigenvalue weighted by Gasteiger charge is 2.28. The normalized spacial score (nSPS) is 20.5. The molecule has 1 aromatic carbocycles. The maximum Gasteiger partial charge on any atom is 0.310 e. The Balaban J connectivity index is 1.57. The van der Waals surface area contributed by atoms with Crippen LogP contribution >= 0.6 is 0 Å². The molecule has 8 heteroatoms. The second kappa shape index (κ2) is 10.4. The molecule has 29 heavy (non-hydrogen) atoms. The SMILES string of the molecule is CCOC(=O)C1CCCN(C(=NC)NCc2ccc(N3CCOCC3)c(F)c2)C1. The third kappa shape index (κ3) is 5.59. The fraction of sp³-hybridized carbons (Fsp3) is 0.619. The molecule has 0 saturated carbocycles. The molecule has 0 spiro atoms. The Labute approximate surface area is 171 Å². The second-order valence-electron chi connectivity index (χ2n) is 7.32. The molecule has 2 fully saturated rings. The van der Waals surface area contributed by atoms with Crippen molar-refractivity contribution in [1.29, 1.82) is 0 Å². The number of benzene rings is 1. The number of rotatable bonds is 5. The first-order chi connectivity index (χ1) is 14.1. The van der Waals surface area contributed by atoms with Gasteiger partial charge in [-0.15, -0.1) is 0 Å². The van der Waals surface area contributed by atoms with E-state index in [4.69, 9.17) is 9.47 Å². The summed E-state index contributed by atoms with van der Waals surface area (Å²) in [6, 6.07) is 5.34. The summed E-state index contributed by atoms with van der Waals surface area (Å²) in [5.74, 6) is 0.221. The van der Waals surface area contributed by atoms with Crippen molar-refractivity contribution in [1.82, 2.24) is 10.2 Å². The Morgan fingerprint density at radius 1 is 1.34 bits per heavy atom. The zero-order valence-electron chi connectivity index (χ0n) is 17.3. The van der Waals surface area contributed by atoms with E-state index in [0.717, 1.165) is 30.9 Å². The maximum absolute atomic E-state index is 14.6. The average Bonchev–Trinajstić information content (AvgIpc) is 2.75. The van der Waals surface area contributed by atoms with E-state index in [2.05, 4.69) is 15.2 Å². The number of carbonyl (C=O) groups excluding carboxylic acids is 1. The van der Waals surface area contributed by atoms with Gasteiger partial charge in [0.15, 0.2) is 5.96 Å². The van der Waals surface area contributed by atoms with Crippen molar-refractivity contribution < 1.29 is 18.7 Å². The zero-order chi connectivity index (χ0) is 20.6. The van der Waals surface area contributed by atoms with Crippen molar-refractivity contribution >= 4 is 17.6 Å². The van der Waals surface area contributed by atoms with Crippen LogP contribution in [0.25, 0.3) is 0 Å². The molecule has 0 aromatic heterocycles. The van der Waals surface area contributed by atoms with Crippen LogP contribution in [0.1, 0.15) is 25.3 Å². The lowest BCUT2D eigenvalue weighted by atomic mass is 9.98. The van der Waals surface area contributed by atoms with E-state index in [0.29, 0.717) is 51.7 Å². The summed E-state index contributed by atoms with van der Waals surface area (Å²) < 4.78 is 25.1. The van der Waals surface area contributed by atoms with Gasteiger partial charge in [0, 0.05) is 39.8 Å². The van der Waals surface area contributed by atoms with Crippen LogP contribution < -0.4 is 10.2 Å². The number of anilines is 1. The fourth-order valence-electron chi connectivity index (χ4n) is 3.86. The molecule has 160 valence electrons.